The second-order valence-corrected chi connectivity index (χ2v) is 5.59. The van der Waals surface area contributed by atoms with Gasteiger partial charge in [0.1, 0.15) is 11.6 Å². The number of hydrogen-bond donors (Lipinski definition) is 0. The molecule has 0 N–H and O–H groups in total. The summed E-state index contributed by atoms with van der Waals surface area (Å²) in [6.07, 6.45) is -1.31. The number of hydrogen-bond acceptors (Lipinski definition) is 4. The number of nitrogens with zero attached hydrogens (tertiary/aromatic N) is 4. The Morgan fingerprint density at radius 2 is 1.92 bits per heavy atom. The number of pyridine rings is 1. The standard InChI is InChI=1S/C17H10F4N4O/c18-13-8-11(14-23-16(26-24-14)17(19,20)21)3-4-12(13)9-25-7-1-2-10-5-6-22-15(10)25/h1-8H,9H2. The lowest BCUT2D eigenvalue weighted by atomic mass is 10.1. The maximum atomic E-state index is 14.4. The molecular formula is C17H10F4N4O. The van der Waals surface area contributed by atoms with Gasteiger partial charge in [-0.25, -0.2) is 9.37 Å². The zero-order valence-electron chi connectivity index (χ0n) is 13.0. The molecule has 0 unspecified atom stereocenters. The molecule has 26 heavy (non-hydrogen) atoms. The van der Waals surface area contributed by atoms with Gasteiger partial charge in [0.15, 0.2) is 0 Å². The van der Waals surface area contributed by atoms with Crippen LogP contribution in [0.25, 0.3) is 22.8 Å². The predicted octanol–water partition coefficient (Wildman–Crippen LogP) is 4.24. The molecule has 132 valence electrons. The van der Waals surface area contributed by atoms with Crippen molar-refractivity contribution < 1.29 is 22.1 Å². The fourth-order valence-corrected chi connectivity index (χ4v) is 2.61. The van der Waals surface area contributed by atoms with E-state index in [1.165, 1.54) is 12.1 Å². The SMILES string of the molecule is Fc1cc(-c2noc(C(F)(F)F)n2)ccc1Cn1cccc2ccnc1-2. The molecule has 0 atom stereocenters. The van der Waals surface area contributed by atoms with Crippen LogP contribution >= 0.6 is 0 Å². The lowest BCUT2D eigenvalue weighted by Gasteiger charge is -2.12. The van der Waals surface area contributed by atoms with Gasteiger partial charge in [-0.05, 0) is 24.3 Å². The average molecular weight is 362 g/mol. The van der Waals surface area contributed by atoms with Gasteiger partial charge in [-0.2, -0.15) is 18.2 Å². The fourth-order valence-electron chi connectivity index (χ4n) is 2.61. The van der Waals surface area contributed by atoms with E-state index in [2.05, 4.69) is 19.6 Å². The van der Waals surface area contributed by atoms with E-state index in [1.54, 1.807) is 17.0 Å². The molecule has 9 heteroatoms. The molecule has 2 aromatic rings. The normalized spacial score (nSPS) is 12.0. The molecule has 0 fully saturated rings. The summed E-state index contributed by atoms with van der Waals surface area (Å²) in [5.74, 6) is -1.67. The molecule has 2 aliphatic heterocycles. The summed E-state index contributed by atoms with van der Waals surface area (Å²) in [4.78, 5) is 7.49. The summed E-state index contributed by atoms with van der Waals surface area (Å²) in [7, 11) is 0. The Hall–Kier alpha value is -3.23. The first-order valence-electron chi connectivity index (χ1n) is 7.51. The highest BCUT2D eigenvalue weighted by Crippen LogP contribution is 2.30. The topological polar surface area (TPSA) is 56.7 Å². The van der Waals surface area contributed by atoms with Crippen LogP contribution in [0.3, 0.4) is 0 Å². The third-order valence-electron chi connectivity index (χ3n) is 3.84. The molecule has 0 aliphatic carbocycles. The molecule has 0 saturated heterocycles. The first kappa shape index (κ1) is 16.2. The van der Waals surface area contributed by atoms with E-state index in [0.29, 0.717) is 11.4 Å². The minimum Gasteiger partial charge on any atom is -0.329 e. The zero-order valence-corrected chi connectivity index (χ0v) is 13.0. The zero-order chi connectivity index (χ0) is 18.3. The molecule has 1 aromatic heterocycles. The fraction of sp³-hybridized carbons (Fsp3) is 0.118. The van der Waals surface area contributed by atoms with Crippen molar-refractivity contribution in [1.82, 2.24) is 19.7 Å². The quantitative estimate of drug-likeness (QED) is 0.512. The Bertz CT molecular complexity index is 1040. The van der Waals surface area contributed by atoms with Crippen LogP contribution in [0.15, 0.2) is 53.3 Å². The van der Waals surface area contributed by atoms with Crippen molar-refractivity contribution in [3.8, 4) is 22.8 Å². The van der Waals surface area contributed by atoms with E-state index in [9.17, 15) is 17.6 Å². The molecule has 1 aromatic carbocycles. The molecule has 5 nitrogen and oxygen atoms in total. The van der Waals surface area contributed by atoms with Gasteiger partial charge in [0, 0.05) is 29.1 Å². The molecule has 4 rings (SSSR count). The lowest BCUT2D eigenvalue weighted by Crippen LogP contribution is -2.06. The smallest absolute Gasteiger partial charge is 0.329 e. The van der Waals surface area contributed by atoms with Gasteiger partial charge < -0.3 is 9.09 Å². The van der Waals surface area contributed by atoms with Crippen LogP contribution in [0.5, 0.6) is 0 Å². The maximum Gasteiger partial charge on any atom is 0.471 e. The van der Waals surface area contributed by atoms with Crippen LogP contribution < -0.4 is 0 Å². The average Bonchev–Trinajstić information content (AvgIpc) is 3.25. The van der Waals surface area contributed by atoms with Crippen LogP contribution in [0.4, 0.5) is 17.6 Å². The molecular weight excluding hydrogens is 352 g/mol. The van der Waals surface area contributed by atoms with Gasteiger partial charge in [0.2, 0.25) is 5.82 Å². The van der Waals surface area contributed by atoms with Crippen LogP contribution in [0, 0.1) is 5.82 Å². The Labute approximate surface area is 144 Å². The molecule has 0 bridgehead atoms. The van der Waals surface area contributed by atoms with Crippen molar-refractivity contribution in [1.29, 1.82) is 0 Å². The van der Waals surface area contributed by atoms with E-state index in [0.717, 1.165) is 11.6 Å². The summed E-state index contributed by atoms with van der Waals surface area (Å²) in [6, 6.07) is 9.58. The summed E-state index contributed by atoms with van der Waals surface area (Å²) in [5, 5.41) is 3.25. The van der Waals surface area contributed by atoms with E-state index in [-0.39, 0.29) is 17.9 Å². The van der Waals surface area contributed by atoms with Gasteiger partial charge in [0.25, 0.3) is 0 Å². The van der Waals surface area contributed by atoms with Crippen molar-refractivity contribution in [3.63, 3.8) is 0 Å². The largest absolute Gasteiger partial charge is 0.471 e. The van der Waals surface area contributed by atoms with Gasteiger partial charge in [0.05, 0.1) is 6.54 Å². The van der Waals surface area contributed by atoms with Gasteiger partial charge in [-0.3, -0.25) is 0 Å². The maximum absolute atomic E-state index is 14.4. The van der Waals surface area contributed by atoms with Gasteiger partial charge >= 0.3 is 12.1 Å². The third kappa shape index (κ3) is 2.92. The van der Waals surface area contributed by atoms with Crippen molar-refractivity contribution >= 4 is 0 Å². The number of alkyl halides is 3. The highest BCUT2D eigenvalue weighted by molar-refractivity contribution is 5.58. The van der Waals surface area contributed by atoms with Gasteiger partial charge in [-0.15, -0.1) is 0 Å². The van der Waals surface area contributed by atoms with Gasteiger partial charge in [-0.1, -0.05) is 17.3 Å². The number of fused-ring (bicyclic) bond motifs is 1. The van der Waals surface area contributed by atoms with Crippen molar-refractivity contribution in [2.24, 2.45) is 0 Å². The molecule has 0 spiro atoms. The highest BCUT2D eigenvalue weighted by atomic mass is 19.4. The molecule has 0 saturated carbocycles. The Morgan fingerprint density at radius 3 is 2.65 bits per heavy atom. The highest BCUT2D eigenvalue weighted by Gasteiger charge is 2.38. The second-order valence-electron chi connectivity index (χ2n) is 5.59. The van der Waals surface area contributed by atoms with Crippen LogP contribution in [0.1, 0.15) is 11.5 Å². The van der Waals surface area contributed by atoms with E-state index >= 15 is 0 Å². The van der Waals surface area contributed by atoms with Crippen molar-refractivity contribution in [3.05, 3.63) is 66.1 Å². The lowest BCUT2D eigenvalue weighted by molar-refractivity contribution is -0.159. The van der Waals surface area contributed by atoms with Crippen LogP contribution in [-0.2, 0) is 12.7 Å². The minimum atomic E-state index is -4.74. The second kappa shape index (κ2) is 5.94. The summed E-state index contributed by atoms with van der Waals surface area (Å²) in [5.41, 5.74) is 1.38. The van der Waals surface area contributed by atoms with E-state index in [1.807, 2.05) is 18.2 Å². The molecule has 2 aliphatic rings. The first-order valence-corrected chi connectivity index (χ1v) is 7.51. The molecule has 0 radical (unpaired) electrons. The Kier molecular flexibility index (Phi) is 3.71. The predicted molar refractivity (Wildman–Crippen MR) is 82.6 cm³/mol. The monoisotopic (exact) mass is 362 g/mol. The minimum absolute atomic E-state index is 0.0974. The molecule has 0 amide bonds. The Balaban J connectivity index is 1.62. The summed E-state index contributed by atoms with van der Waals surface area (Å²) in [6.45, 7) is 0.223. The van der Waals surface area contributed by atoms with E-state index in [4.69, 9.17) is 0 Å². The van der Waals surface area contributed by atoms with Crippen molar-refractivity contribution in [2.45, 2.75) is 12.7 Å². The Morgan fingerprint density at radius 1 is 1.08 bits per heavy atom. The van der Waals surface area contributed by atoms with E-state index < -0.39 is 17.9 Å². The number of rotatable bonds is 3. The van der Waals surface area contributed by atoms with Crippen LogP contribution in [0.2, 0.25) is 0 Å². The number of benzene rings is 1. The summed E-state index contributed by atoms with van der Waals surface area (Å²) >= 11 is 0. The van der Waals surface area contributed by atoms with Crippen molar-refractivity contribution in [2.75, 3.05) is 0 Å². The first-order chi connectivity index (χ1) is 12.4. The number of halogens is 4. The number of aromatic nitrogens is 4. The third-order valence-corrected chi connectivity index (χ3v) is 3.84. The molecule has 3 heterocycles. The van der Waals surface area contributed by atoms with Crippen LogP contribution in [-0.4, -0.2) is 19.7 Å². The summed E-state index contributed by atoms with van der Waals surface area (Å²) < 4.78 is 58.0.